The van der Waals surface area contributed by atoms with Crippen LogP contribution in [0.15, 0.2) is 64.8 Å². The molecule has 34 heavy (non-hydrogen) atoms. The van der Waals surface area contributed by atoms with Gasteiger partial charge in [-0.2, -0.15) is 0 Å². The molecule has 8 heteroatoms. The van der Waals surface area contributed by atoms with Gasteiger partial charge in [0.1, 0.15) is 10.5 Å². The molecule has 0 bridgehead atoms. The van der Waals surface area contributed by atoms with Crippen LogP contribution in [0.4, 0.5) is 10.3 Å². The van der Waals surface area contributed by atoms with Crippen LogP contribution in [0.25, 0.3) is 21.3 Å². The number of halogens is 1. The third-order valence-electron chi connectivity index (χ3n) is 6.40. The number of hydrogen-bond acceptors (Lipinski definition) is 5. The summed E-state index contributed by atoms with van der Waals surface area (Å²) in [5, 5.41) is 4.89. The number of benzene rings is 2. The second kappa shape index (κ2) is 9.38. The van der Waals surface area contributed by atoms with E-state index in [0.29, 0.717) is 53.2 Å². The number of nitrogens with zero attached hydrogens (tertiary/aromatic N) is 2. The number of thiophene rings is 1. The Bertz CT molecular complexity index is 1380. The molecular formula is C26H25FN4O2S. The van der Waals surface area contributed by atoms with Crippen molar-refractivity contribution in [3.05, 3.63) is 81.7 Å². The Morgan fingerprint density at radius 1 is 1.12 bits per heavy atom. The number of amides is 1. The van der Waals surface area contributed by atoms with Gasteiger partial charge in [0, 0.05) is 35.5 Å². The minimum atomic E-state index is -0.345. The van der Waals surface area contributed by atoms with Crippen molar-refractivity contribution in [3.63, 3.8) is 0 Å². The Morgan fingerprint density at radius 2 is 1.82 bits per heavy atom. The molecule has 0 radical (unpaired) electrons. The topological polar surface area (TPSA) is 78.1 Å². The molecular weight excluding hydrogens is 451 g/mol. The molecule has 1 aliphatic heterocycles. The lowest BCUT2D eigenvalue weighted by molar-refractivity contribution is -0.126. The zero-order valence-corrected chi connectivity index (χ0v) is 19.6. The molecule has 6 nitrogen and oxygen atoms in total. The van der Waals surface area contributed by atoms with Crippen LogP contribution in [0.2, 0.25) is 0 Å². The molecule has 1 amide bonds. The predicted molar refractivity (Wildman–Crippen MR) is 134 cm³/mol. The fourth-order valence-electron chi connectivity index (χ4n) is 4.45. The molecule has 2 aromatic carbocycles. The Kier molecular flexibility index (Phi) is 6.15. The zero-order valence-electron chi connectivity index (χ0n) is 18.8. The monoisotopic (exact) mass is 476 g/mol. The number of aromatic nitrogens is 2. The third-order valence-corrected chi connectivity index (χ3v) is 7.37. The number of fused-ring (bicyclic) bond motifs is 1. The van der Waals surface area contributed by atoms with Gasteiger partial charge in [0.05, 0.1) is 11.6 Å². The van der Waals surface area contributed by atoms with Gasteiger partial charge in [-0.25, -0.2) is 9.37 Å². The van der Waals surface area contributed by atoms with Gasteiger partial charge in [-0.1, -0.05) is 48.5 Å². The normalized spacial score (nSPS) is 15.4. The van der Waals surface area contributed by atoms with Crippen molar-refractivity contribution >= 4 is 33.4 Å². The molecule has 0 aliphatic carbocycles. The first kappa shape index (κ1) is 22.3. The van der Waals surface area contributed by atoms with E-state index in [9.17, 15) is 14.0 Å². The summed E-state index contributed by atoms with van der Waals surface area (Å²) >= 11 is 1.26. The number of carbonyl (C=O) groups excluding carboxylic acids is 1. The highest BCUT2D eigenvalue weighted by Crippen LogP contribution is 2.33. The lowest BCUT2D eigenvalue weighted by Gasteiger charge is -2.32. The molecule has 0 spiro atoms. The molecule has 5 rings (SSSR count). The van der Waals surface area contributed by atoms with Crippen molar-refractivity contribution in [1.29, 1.82) is 0 Å². The summed E-state index contributed by atoms with van der Waals surface area (Å²) in [4.78, 5) is 35.1. The summed E-state index contributed by atoms with van der Waals surface area (Å²) in [7, 11) is 0. The lowest BCUT2D eigenvalue weighted by Crippen LogP contribution is -2.42. The van der Waals surface area contributed by atoms with Crippen LogP contribution < -0.4 is 15.8 Å². The molecule has 1 saturated heterocycles. The van der Waals surface area contributed by atoms with E-state index < -0.39 is 0 Å². The van der Waals surface area contributed by atoms with Crippen molar-refractivity contribution in [1.82, 2.24) is 15.3 Å². The number of nitrogens with one attached hydrogen (secondary N) is 2. The number of H-pyrrole nitrogens is 1. The molecule has 2 N–H and O–H groups in total. The molecule has 1 fully saturated rings. The Balaban J connectivity index is 1.31. The quantitative estimate of drug-likeness (QED) is 0.430. The van der Waals surface area contributed by atoms with Crippen molar-refractivity contribution in [2.24, 2.45) is 5.92 Å². The van der Waals surface area contributed by atoms with Crippen molar-refractivity contribution < 1.29 is 9.18 Å². The summed E-state index contributed by atoms with van der Waals surface area (Å²) in [6.45, 7) is 3.19. The Morgan fingerprint density at radius 3 is 2.56 bits per heavy atom. The molecule has 4 aromatic rings. The van der Waals surface area contributed by atoms with E-state index in [4.69, 9.17) is 4.98 Å². The number of carbonyl (C=O) groups is 1. The molecule has 174 valence electrons. The van der Waals surface area contributed by atoms with Gasteiger partial charge in [0.2, 0.25) is 11.9 Å². The van der Waals surface area contributed by atoms with Crippen LogP contribution in [0.5, 0.6) is 0 Å². The maximum Gasteiger partial charge on any atom is 0.270 e. The third kappa shape index (κ3) is 4.33. The SMILES string of the molecule is C[C@H](NC(=O)C1CCN(c2nc3c(-c4ccccc4F)csc3c(=O)[nH]2)CC1)c1ccccc1. The highest BCUT2D eigenvalue weighted by molar-refractivity contribution is 7.17. The molecule has 2 aromatic heterocycles. The van der Waals surface area contributed by atoms with Gasteiger partial charge in [0.25, 0.3) is 5.56 Å². The second-order valence-electron chi connectivity index (χ2n) is 8.60. The maximum atomic E-state index is 14.4. The van der Waals surface area contributed by atoms with Gasteiger partial charge >= 0.3 is 0 Å². The van der Waals surface area contributed by atoms with Gasteiger partial charge in [-0.3, -0.25) is 14.6 Å². The summed E-state index contributed by atoms with van der Waals surface area (Å²) < 4.78 is 14.9. The number of anilines is 1. The van der Waals surface area contributed by atoms with Crippen LogP contribution in [0.3, 0.4) is 0 Å². The van der Waals surface area contributed by atoms with Gasteiger partial charge in [-0.05, 0) is 31.4 Å². The first-order chi connectivity index (χ1) is 16.5. The van der Waals surface area contributed by atoms with Crippen LogP contribution in [-0.4, -0.2) is 29.0 Å². The molecule has 1 atom stereocenters. The fourth-order valence-corrected chi connectivity index (χ4v) is 5.35. The van der Waals surface area contributed by atoms with E-state index >= 15 is 0 Å². The van der Waals surface area contributed by atoms with Crippen LogP contribution >= 0.6 is 11.3 Å². The minimum Gasteiger partial charge on any atom is -0.349 e. The first-order valence-corrected chi connectivity index (χ1v) is 12.3. The van der Waals surface area contributed by atoms with Crippen LogP contribution in [-0.2, 0) is 4.79 Å². The average molecular weight is 477 g/mol. The van der Waals surface area contributed by atoms with E-state index in [1.165, 1.54) is 17.4 Å². The molecule has 3 heterocycles. The van der Waals surface area contributed by atoms with E-state index in [2.05, 4.69) is 10.3 Å². The maximum absolute atomic E-state index is 14.4. The first-order valence-electron chi connectivity index (χ1n) is 11.4. The largest absolute Gasteiger partial charge is 0.349 e. The zero-order chi connectivity index (χ0) is 23.7. The molecule has 0 unspecified atom stereocenters. The summed E-state index contributed by atoms with van der Waals surface area (Å²) in [5.74, 6) is 0.0768. The van der Waals surface area contributed by atoms with E-state index in [1.807, 2.05) is 42.2 Å². The number of rotatable bonds is 5. The minimum absolute atomic E-state index is 0.0487. The molecule has 0 saturated carbocycles. The van der Waals surface area contributed by atoms with Crippen molar-refractivity contribution in [3.8, 4) is 11.1 Å². The second-order valence-corrected chi connectivity index (χ2v) is 9.48. The van der Waals surface area contributed by atoms with Gasteiger partial charge in [0.15, 0.2) is 0 Å². The van der Waals surface area contributed by atoms with Gasteiger partial charge in [-0.15, -0.1) is 11.3 Å². The van der Waals surface area contributed by atoms with Crippen LogP contribution in [0.1, 0.15) is 31.4 Å². The lowest BCUT2D eigenvalue weighted by atomic mass is 9.95. The van der Waals surface area contributed by atoms with Gasteiger partial charge < -0.3 is 10.2 Å². The van der Waals surface area contributed by atoms with E-state index in [0.717, 1.165) is 5.56 Å². The Hall–Kier alpha value is -3.52. The van der Waals surface area contributed by atoms with E-state index in [-0.39, 0.29) is 29.2 Å². The summed E-state index contributed by atoms with van der Waals surface area (Å²) in [6.07, 6.45) is 1.33. The standard InChI is InChI=1S/C26H25FN4O2S/c1-16(17-7-3-2-4-8-17)28-24(32)18-11-13-31(14-12-18)26-29-22-20(15-34-23(22)25(33)30-26)19-9-5-6-10-21(19)27/h2-10,15-16,18H,11-14H2,1H3,(H,28,32)(H,29,30,33)/t16-/m0/s1. The summed E-state index contributed by atoms with van der Waals surface area (Å²) in [5.41, 5.74) is 2.40. The predicted octanol–water partition coefficient (Wildman–Crippen LogP) is 4.88. The van der Waals surface area contributed by atoms with Crippen molar-refractivity contribution in [2.45, 2.75) is 25.8 Å². The fraction of sp³-hybridized carbons (Fsp3) is 0.269. The Labute approximate surface area is 200 Å². The highest BCUT2D eigenvalue weighted by Gasteiger charge is 2.27. The van der Waals surface area contributed by atoms with Crippen molar-refractivity contribution in [2.75, 3.05) is 18.0 Å². The average Bonchev–Trinajstić information content (AvgIpc) is 3.29. The van der Waals surface area contributed by atoms with E-state index in [1.54, 1.807) is 23.6 Å². The smallest absolute Gasteiger partial charge is 0.270 e. The van der Waals surface area contributed by atoms with Crippen LogP contribution in [0, 0.1) is 11.7 Å². The number of aromatic amines is 1. The highest BCUT2D eigenvalue weighted by atomic mass is 32.1. The summed E-state index contributed by atoms with van der Waals surface area (Å²) in [6, 6.07) is 16.3. The number of hydrogen-bond donors (Lipinski definition) is 2. The molecule has 1 aliphatic rings. The number of piperidine rings is 1.